The highest BCUT2D eigenvalue weighted by molar-refractivity contribution is 7.09. The van der Waals surface area contributed by atoms with Crippen LogP contribution in [0.2, 0.25) is 0 Å². The topological polar surface area (TPSA) is 70.6 Å². The summed E-state index contributed by atoms with van der Waals surface area (Å²) in [7, 11) is 0. The fourth-order valence-electron chi connectivity index (χ4n) is 3.19. The van der Waals surface area contributed by atoms with Crippen molar-refractivity contribution in [2.45, 2.75) is 25.3 Å². The third-order valence-electron chi connectivity index (χ3n) is 4.20. The molecule has 0 amide bonds. The Bertz CT molecular complexity index is 740. The molecule has 0 spiro atoms. The monoisotopic (exact) mass is 326 g/mol. The highest BCUT2D eigenvalue weighted by Gasteiger charge is 2.26. The quantitative estimate of drug-likeness (QED) is 0.798. The van der Waals surface area contributed by atoms with Gasteiger partial charge in [-0.25, -0.2) is 9.97 Å². The van der Waals surface area contributed by atoms with Crippen LogP contribution in [0.3, 0.4) is 0 Å². The molecule has 1 aliphatic rings. The number of piperidine rings is 1. The van der Waals surface area contributed by atoms with Gasteiger partial charge in [0, 0.05) is 54.9 Å². The summed E-state index contributed by atoms with van der Waals surface area (Å²) < 4.78 is 0. The molecule has 1 N–H and O–H groups in total. The Morgan fingerprint density at radius 3 is 3.00 bits per heavy atom. The van der Waals surface area contributed by atoms with Gasteiger partial charge in [-0.2, -0.15) is 0 Å². The molecular weight excluding hydrogens is 308 g/mol. The standard InChI is InChI=1S/C16H18N6S/c1-2-12(9-22(7-1)10-13-8-17-11-23-13)14-15(19-4-3-18-14)16-20-5-6-21-16/h3-6,8,11-12H,1-2,7,9-10H2,(H,20,21)/t12-/m0/s1. The average molecular weight is 326 g/mol. The van der Waals surface area contributed by atoms with Crippen LogP contribution in [0, 0.1) is 0 Å². The van der Waals surface area contributed by atoms with E-state index in [2.05, 4.69) is 29.8 Å². The fourth-order valence-corrected chi connectivity index (χ4v) is 3.82. The fraction of sp³-hybridized carbons (Fsp3) is 0.375. The van der Waals surface area contributed by atoms with Gasteiger partial charge in [0.1, 0.15) is 5.69 Å². The van der Waals surface area contributed by atoms with E-state index in [0.717, 1.165) is 43.3 Å². The van der Waals surface area contributed by atoms with E-state index in [1.54, 1.807) is 29.9 Å². The normalized spacial score (nSPS) is 19.0. The van der Waals surface area contributed by atoms with Gasteiger partial charge in [-0.15, -0.1) is 11.3 Å². The lowest BCUT2D eigenvalue weighted by atomic mass is 9.93. The molecule has 0 radical (unpaired) electrons. The van der Waals surface area contributed by atoms with Gasteiger partial charge in [-0.3, -0.25) is 14.9 Å². The highest BCUT2D eigenvalue weighted by atomic mass is 32.1. The summed E-state index contributed by atoms with van der Waals surface area (Å²) in [6, 6.07) is 0. The minimum atomic E-state index is 0.394. The third-order valence-corrected chi connectivity index (χ3v) is 4.97. The largest absolute Gasteiger partial charge is 0.343 e. The molecule has 0 aromatic carbocycles. The predicted octanol–water partition coefficient (Wildman–Crippen LogP) is 2.70. The number of aromatic amines is 1. The lowest BCUT2D eigenvalue weighted by Gasteiger charge is -2.32. The number of hydrogen-bond acceptors (Lipinski definition) is 6. The predicted molar refractivity (Wildman–Crippen MR) is 89.0 cm³/mol. The van der Waals surface area contributed by atoms with Crippen LogP contribution in [0.5, 0.6) is 0 Å². The van der Waals surface area contributed by atoms with Crippen LogP contribution in [0.4, 0.5) is 0 Å². The first kappa shape index (κ1) is 14.5. The zero-order valence-corrected chi connectivity index (χ0v) is 13.5. The number of rotatable bonds is 4. The van der Waals surface area contributed by atoms with Crippen molar-refractivity contribution in [3.8, 4) is 11.5 Å². The van der Waals surface area contributed by atoms with Gasteiger partial charge in [0.2, 0.25) is 0 Å². The number of aromatic nitrogens is 5. The van der Waals surface area contributed by atoms with Crippen molar-refractivity contribution < 1.29 is 0 Å². The molecule has 7 heteroatoms. The van der Waals surface area contributed by atoms with Crippen molar-refractivity contribution in [1.29, 1.82) is 0 Å². The lowest BCUT2D eigenvalue weighted by molar-refractivity contribution is 0.200. The number of nitrogens with zero attached hydrogens (tertiary/aromatic N) is 5. The number of imidazole rings is 1. The summed E-state index contributed by atoms with van der Waals surface area (Å²) in [5.74, 6) is 1.19. The smallest absolute Gasteiger partial charge is 0.157 e. The third kappa shape index (κ3) is 3.16. The maximum Gasteiger partial charge on any atom is 0.157 e. The van der Waals surface area contributed by atoms with Crippen molar-refractivity contribution in [3.05, 3.63) is 47.1 Å². The minimum absolute atomic E-state index is 0.394. The number of thiazole rings is 1. The molecule has 1 aliphatic heterocycles. The Balaban J connectivity index is 1.56. The summed E-state index contributed by atoms with van der Waals surface area (Å²) in [4.78, 5) is 24.6. The van der Waals surface area contributed by atoms with Crippen LogP contribution in [-0.4, -0.2) is 42.9 Å². The average Bonchev–Trinajstić information content (AvgIpc) is 3.29. The first-order chi connectivity index (χ1) is 11.4. The summed E-state index contributed by atoms with van der Waals surface area (Å²) in [5, 5.41) is 0. The Hall–Kier alpha value is -2.12. The molecular formula is C16H18N6S. The van der Waals surface area contributed by atoms with Crippen LogP contribution < -0.4 is 0 Å². The summed E-state index contributed by atoms with van der Waals surface area (Å²) >= 11 is 1.72. The van der Waals surface area contributed by atoms with Crippen LogP contribution in [0.25, 0.3) is 11.5 Å². The molecule has 0 unspecified atom stereocenters. The van der Waals surface area contributed by atoms with E-state index < -0.39 is 0 Å². The SMILES string of the molecule is c1c[nH]c(-c2nccnc2[C@H]2CCCN(Cc3cncs3)C2)n1. The Morgan fingerprint density at radius 2 is 2.17 bits per heavy atom. The molecule has 1 saturated heterocycles. The Morgan fingerprint density at radius 1 is 1.22 bits per heavy atom. The maximum atomic E-state index is 4.63. The molecule has 1 atom stereocenters. The van der Waals surface area contributed by atoms with E-state index in [0.29, 0.717) is 5.92 Å². The zero-order chi connectivity index (χ0) is 15.5. The van der Waals surface area contributed by atoms with Crippen LogP contribution in [0.1, 0.15) is 29.3 Å². The second-order valence-electron chi connectivity index (χ2n) is 5.77. The van der Waals surface area contributed by atoms with Gasteiger partial charge in [0.15, 0.2) is 5.82 Å². The molecule has 0 bridgehead atoms. The van der Waals surface area contributed by atoms with Gasteiger partial charge in [0.05, 0.1) is 11.2 Å². The summed E-state index contributed by atoms with van der Waals surface area (Å²) in [5.41, 5.74) is 3.83. The van der Waals surface area contributed by atoms with Crippen molar-refractivity contribution in [3.63, 3.8) is 0 Å². The van der Waals surface area contributed by atoms with Crippen LogP contribution in [0.15, 0.2) is 36.5 Å². The van der Waals surface area contributed by atoms with Gasteiger partial charge in [0.25, 0.3) is 0 Å². The van der Waals surface area contributed by atoms with Gasteiger partial charge in [-0.1, -0.05) is 0 Å². The van der Waals surface area contributed by atoms with Gasteiger partial charge in [-0.05, 0) is 19.4 Å². The molecule has 4 rings (SSSR count). The molecule has 23 heavy (non-hydrogen) atoms. The van der Waals surface area contributed by atoms with E-state index >= 15 is 0 Å². The number of likely N-dealkylation sites (tertiary alicyclic amines) is 1. The highest BCUT2D eigenvalue weighted by Crippen LogP contribution is 2.31. The molecule has 6 nitrogen and oxygen atoms in total. The Kier molecular flexibility index (Phi) is 4.12. The molecule has 4 heterocycles. The van der Waals surface area contributed by atoms with E-state index in [4.69, 9.17) is 0 Å². The Labute approximate surface area is 138 Å². The second-order valence-corrected chi connectivity index (χ2v) is 6.74. The maximum absolute atomic E-state index is 4.63. The van der Waals surface area contributed by atoms with Crippen molar-refractivity contribution in [1.82, 2.24) is 29.8 Å². The molecule has 1 fully saturated rings. The van der Waals surface area contributed by atoms with E-state index in [1.807, 2.05) is 17.9 Å². The lowest BCUT2D eigenvalue weighted by Crippen LogP contribution is -2.34. The van der Waals surface area contributed by atoms with Gasteiger partial charge < -0.3 is 4.98 Å². The van der Waals surface area contributed by atoms with Crippen molar-refractivity contribution >= 4 is 11.3 Å². The van der Waals surface area contributed by atoms with E-state index in [1.165, 1.54) is 11.3 Å². The van der Waals surface area contributed by atoms with E-state index in [-0.39, 0.29) is 0 Å². The first-order valence-electron chi connectivity index (χ1n) is 7.80. The van der Waals surface area contributed by atoms with Gasteiger partial charge >= 0.3 is 0 Å². The zero-order valence-electron chi connectivity index (χ0n) is 12.7. The van der Waals surface area contributed by atoms with Crippen molar-refractivity contribution in [2.24, 2.45) is 0 Å². The molecule has 0 saturated carbocycles. The summed E-state index contributed by atoms with van der Waals surface area (Å²) in [6.45, 7) is 3.10. The van der Waals surface area contributed by atoms with Crippen molar-refractivity contribution in [2.75, 3.05) is 13.1 Å². The number of H-pyrrole nitrogens is 1. The second kappa shape index (κ2) is 6.55. The summed E-state index contributed by atoms with van der Waals surface area (Å²) in [6.07, 6.45) is 11.4. The molecule has 3 aromatic heterocycles. The number of nitrogens with one attached hydrogen (secondary N) is 1. The minimum Gasteiger partial charge on any atom is -0.343 e. The first-order valence-corrected chi connectivity index (χ1v) is 8.68. The number of hydrogen-bond donors (Lipinski definition) is 1. The van der Waals surface area contributed by atoms with Crippen LogP contribution >= 0.6 is 11.3 Å². The van der Waals surface area contributed by atoms with Crippen LogP contribution in [-0.2, 0) is 6.54 Å². The molecule has 118 valence electrons. The van der Waals surface area contributed by atoms with E-state index in [9.17, 15) is 0 Å². The molecule has 3 aromatic rings. The molecule has 0 aliphatic carbocycles.